The molecule has 1 aliphatic heterocycles. The van der Waals surface area contributed by atoms with Crippen molar-refractivity contribution in [2.45, 2.75) is 12.8 Å². The normalized spacial score (nSPS) is 22.9. The molecule has 1 saturated heterocycles. The maximum atomic E-state index is 12.2. The summed E-state index contributed by atoms with van der Waals surface area (Å²) in [6.07, 6.45) is 5.20. The Labute approximate surface area is 99.8 Å². The number of furan rings is 1. The lowest BCUT2D eigenvalue weighted by atomic mass is 9.92. The number of hydrogen-bond acceptors (Lipinski definition) is 4. The standard InChI is InChI=1S/C13H15NO3/c15-13-10(9-14-4-7-16-8-5-14)1-2-12-11(13)3-6-17-12/h3,6,9H,1-2,4-5,7-8H2/b10-9+. The Morgan fingerprint density at radius 2 is 2.06 bits per heavy atom. The third-order valence-electron chi connectivity index (χ3n) is 3.29. The molecule has 1 aliphatic carbocycles. The highest BCUT2D eigenvalue weighted by Gasteiger charge is 2.25. The topological polar surface area (TPSA) is 42.7 Å². The van der Waals surface area contributed by atoms with Crippen molar-refractivity contribution in [3.05, 3.63) is 35.4 Å². The molecule has 0 bridgehead atoms. The third-order valence-corrected chi connectivity index (χ3v) is 3.29. The van der Waals surface area contributed by atoms with Gasteiger partial charge in [0.1, 0.15) is 5.76 Å². The van der Waals surface area contributed by atoms with Crippen LogP contribution in [0.2, 0.25) is 0 Å². The lowest BCUT2D eigenvalue weighted by Gasteiger charge is -2.26. The molecule has 0 spiro atoms. The average molecular weight is 233 g/mol. The molecule has 17 heavy (non-hydrogen) atoms. The molecule has 0 atom stereocenters. The van der Waals surface area contributed by atoms with Crippen LogP contribution in [0.15, 0.2) is 28.5 Å². The Bertz CT molecular complexity index is 455. The van der Waals surface area contributed by atoms with Gasteiger partial charge in [-0.1, -0.05) is 0 Å². The van der Waals surface area contributed by atoms with Gasteiger partial charge in [-0.15, -0.1) is 0 Å². The second kappa shape index (κ2) is 4.37. The maximum absolute atomic E-state index is 12.2. The van der Waals surface area contributed by atoms with E-state index < -0.39 is 0 Å². The molecule has 4 heteroatoms. The number of allylic oxidation sites excluding steroid dienone is 1. The van der Waals surface area contributed by atoms with Crippen molar-refractivity contribution in [1.82, 2.24) is 4.90 Å². The predicted octanol–water partition coefficient (Wildman–Crippen LogP) is 1.62. The number of rotatable bonds is 1. The second-order valence-corrected chi connectivity index (χ2v) is 4.39. The summed E-state index contributed by atoms with van der Waals surface area (Å²) < 4.78 is 10.6. The van der Waals surface area contributed by atoms with E-state index in [1.54, 1.807) is 12.3 Å². The van der Waals surface area contributed by atoms with E-state index in [-0.39, 0.29) is 5.78 Å². The summed E-state index contributed by atoms with van der Waals surface area (Å²) >= 11 is 0. The molecule has 4 nitrogen and oxygen atoms in total. The molecule has 2 aliphatic rings. The summed E-state index contributed by atoms with van der Waals surface area (Å²) in [5, 5.41) is 0. The number of carbonyl (C=O) groups is 1. The molecule has 0 unspecified atom stereocenters. The van der Waals surface area contributed by atoms with Crippen molar-refractivity contribution < 1.29 is 13.9 Å². The number of carbonyl (C=O) groups excluding carboxylic acids is 1. The molecule has 0 amide bonds. The SMILES string of the molecule is O=C1/C(=C/N2CCOCC2)CCc2occc21. The van der Waals surface area contributed by atoms with Gasteiger partial charge in [0.05, 0.1) is 25.0 Å². The zero-order valence-electron chi connectivity index (χ0n) is 9.65. The predicted molar refractivity (Wildman–Crippen MR) is 61.8 cm³/mol. The number of nitrogens with zero attached hydrogens (tertiary/aromatic N) is 1. The van der Waals surface area contributed by atoms with E-state index in [1.807, 2.05) is 6.20 Å². The first kappa shape index (κ1) is 10.6. The average Bonchev–Trinajstić information content (AvgIpc) is 2.83. The smallest absolute Gasteiger partial charge is 0.193 e. The highest BCUT2D eigenvalue weighted by molar-refractivity contribution is 6.10. The minimum absolute atomic E-state index is 0.117. The summed E-state index contributed by atoms with van der Waals surface area (Å²) in [6.45, 7) is 3.23. The van der Waals surface area contributed by atoms with Crippen LogP contribution in [-0.4, -0.2) is 37.0 Å². The van der Waals surface area contributed by atoms with Gasteiger partial charge in [0.15, 0.2) is 5.78 Å². The quantitative estimate of drug-likeness (QED) is 0.691. The van der Waals surface area contributed by atoms with Crippen molar-refractivity contribution in [1.29, 1.82) is 0 Å². The van der Waals surface area contributed by atoms with Crippen molar-refractivity contribution in [3.63, 3.8) is 0 Å². The van der Waals surface area contributed by atoms with Crippen LogP contribution in [0.4, 0.5) is 0 Å². The van der Waals surface area contributed by atoms with Crippen LogP contribution in [0, 0.1) is 0 Å². The number of Topliss-reactive ketones (excluding diaryl/α,β-unsaturated/α-hetero) is 1. The Hall–Kier alpha value is -1.55. The number of fused-ring (bicyclic) bond motifs is 1. The first-order valence-corrected chi connectivity index (χ1v) is 5.98. The molecule has 0 radical (unpaired) electrons. The van der Waals surface area contributed by atoms with Gasteiger partial charge in [-0.05, 0) is 12.5 Å². The van der Waals surface area contributed by atoms with E-state index in [0.29, 0.717) is 0 Å². The fourth-order valence-corrected chi connectivity index (χ4v) is 2.32. The van der Waals surface area contributed by atoms with E-state index in [9.17, 15) is 4.79 Å². The van der Waals surface area contributed by atoms with Crippen molar-refractivity contribution >= 4 is 5.78 Å². The van der Waals surface area contributed by atoms with Crippen molar-refractivity contribution in [2.75, 3.05) is 26.3 Å². The molecule has 1 fully saturated rings. The van der Waals surface area contributed by atoms with E-state index in [0.717, 1.165) is 56.0 Å². The first-order valence-electron chi connectivity index (χ1n) is 5.98. The summed E-state index contributed by atoms with van der Waals surface area (Å²) in [6, 6.07) is 1.77. The molecule has 0 saturated carbocycles. The Morgan fingerprint density at radius 1 is 1.24 bits per heavy atom. The molecule has 3 rings (SSSR count). The fraction of sp³-hybridized carbons (Fsp3) is 0.462. The van der Waals surface area contributed by atoms with Gasteiger partial charge in [-0.25, -0.2) is 0 Å². The summed E-state index contributed by atoms with van der Waals surface area (Å²) in [4.78, 5) is 14.3. The molecule has 90 valence electrons. The molecule has 1 aromatic heterocycles. The van der Waals surface area contributed by atoms with Crippen LogP contribution in [0.1, 0.15) is 22.5 Å². The fourth-order valence-electron chi connectivity index (χ4n) is 2.32. The number of morpholine rings is 1. The van der Waals surface area contributed by atoms with Crippen LogP contribution in [0.3, 0.4) is 0 Å². The zero-order valence-corrected chi connectivity index (χ0v) is 9.65. The molecule has 1 aromatic rings. The van der Waals surface area contributed by atoms with Crippen molar-refractivity contribution in [2.24, 2.45) is 0 Å². The first-order chi connectivity index (χ1) is 8.34. The molecular formula is C13H15NO3. The molecular weight excluding hydrogens is 218 g/mol. The highest BCUT2D eigenvalue weighted by atomic mass is 16.5. The lowest BCUT2D eigenvalue weighted by molar-refractivity contribution is 0.0586. The molecule has 2 heterocycles. The third kappa shape index (κ3) is 2.00. The van der Waals surface area contributed by atoms with Gasteiger partial charge in [0.25, 0.3) is 0 Å². The number of ketones is 1. The Morgan fingerprint density at radius 3 is 2.88 bits per heavy atom. The van der Waals surface area contributed by atoms with Gasteiger partial charge >= 0.3 is 0 Å². The number of ether oxygens (including phenoxy) is 1. The molecule has 0 N–H and O–H groups in total. The van der Waals surface area contributed by atoms with E-state index in [2.05, 4.69) is 4.90 Å². The number of hydrogen-bond donors (Lipinski definition) is 0. The summed E-state index contributed by atoms with van der Waals surface area (Å²) in [5.41, 5.74) is 1.62. The lowest BCUT2D eigenvalue weighted by Crippen LogP contribution is -2.33. The van der Waals surface area contributed by atoms with Gasteiger partial charge < -0.3 is 14.1 Å². The van der Waals surface area contributed by atoms with E-state index >= 15 is 0 Å². The van der Waals surface area contributed by atoms with Crippen LogP contribution < -0.4 is 0 Å². The summed E-state index contributed by atoms with van der Waals surface area (Å²) in [7, 11) is 0. The molecule has 0 aromatic carbocycles. The van der Waals surface area contributed by atoms with Gasteiger partial charge in [-0.2, -0.15) is 0 Å². The minimum atomic E-state index is 0.117. The van der Waals surface area contributed by atoms with Crippen LogP contribution in [0.5, 0.6) is 0 Å². The summed E-state index contributed by atoms with van der Waals surface area (Å²) in [5.74, 6) is 0.945. The Kier molecular flexibility index (Phi) is 2.73. The maximum Gasteiger partial charge on any atom is 0.193 e. The second-order valence-electron chi connectivity index (χ2n) is 4.39. The van der Waals surface area contributed by atoms with Crippen LogP contribution in [0.25, 0.3) is 0 Å². The minimum Gasteiger partial charge on any atom is -0.469 e. The monoisotopic (exact) mass is 233 g/mol. The number of aryl methyl sites for hydroxylation is 1. The van der Waals surface area contributed by atoms with E-state index in [4.69, 9.17) is 9.15 Å². The van der Waals surface area contributed by atoms with Crippen LogP contribution >= 0.6 is 0 Å². The zero-order chi connectivity index (χ0) is 11.7. The van der Waals surface area contributed by atoms with Gasteiger partial charge in [-0.3, -0.25) is 4.79 Å². The largest absolute Gasteiger partial charge is 0.469 e. The highest BCUT2D eigenvalue weighted by Crippen LogP contribution is 2.26. The Balaban J connectivity index is 1.81. The van der Waals surface area contributed by atoms with Crippen LogP contribution in [-0.2, 0) is 11.2 Å². The van der Waals surface area contributed by atoms with Gasteiger partial charge in [0, 0.05) is 31.3 Å². The van der Waals surface area contributed by atoms with Gasteiger partial charge in [0.2, 0.25) is 0 Å². The van der Waals surface area contributed by atoms with Crippen molar-refractivity contribution in [3.8, 4) is 0 Å². The van der Waals surface area contributed by atoms with E-state index in [1.165, 1.54) is 0 Å².